The molecule has 2 aromatic carbocycles. The van der Waals surface area contributed by atoms with E-state index in [4.69, 9.17) is 5.73 Å². The summed E-state index contributed by atoms with van der Waals surface area (Å²) in [6.07, 6.45) is 1.14. The molecule has 0 aliphatic rings. The minimum atomic E-state index is -0.858. The van der Waals surface area contributed by atoms with Crippen molar-refractivity contribution in [1.29, 1.82) is 0 Å². The van der Waals surface area contributed by atoms with Gasteiger partial charge in [0.25, 0.3) is 0 Å². The molecule has 4 nitrogen and oxygen atoms in total. The van der Waals surface area contributed by atoms with Crippen LogP contribution in [0.1, 0.15) is 31.9 Å². The van der Waals surface area contributed by atoms with Crippen LogP contribution >= 0.6 is 0 Å². The minimum absolute atomic E-state index is 0.0677. The molecular formula is C22H28N2O2. The zero-order valence-electron chi connectivity index (χ0n) is 15.7. The molecule has 2 amide bonds. The topological polar surface area (TPSA) is 72.2 Å². The summed E-state index contributed by atoms with van der Waals surface area (Å²) in [6, 6.07) is 19.3. The van der Waals surface area contributed by atoms with E-state index in [0.717, 1.165) is 11.1 Å². The second kappa shape index (κ2) is 8.65. The van der Waals surface area contributed by atoms with Gasteiger partial charge in [0, 0.05) is 12.0 Å². The fraction of sp³-hybridized carbons (Fsp3) is 0.364. The van der Waals surface area contributed by atoms with Gasteiger partial charge >= 0.3 is 0 Å². The van der Waals surface area contributed by atoms with Crippen molar-refractivity contribution in [2.45, 2.75) is 39.7 Å². The van der Waals surface area contributed by atoms with Crippen molar-refractivity contribution in [3.63, 3.8) is 0 Å². The lowest BCUT2D eigenvalue weighted by Gasteiger charge is -2.34. The van der Waals surface area contributed by atoms with Gasteiger partial charge < -0.3 is 11.1 Å². The first-order valence-corrected chi connectivity index (χ1v) is 9.01. The molecule has 2 rings (SSSR count). The van der Waals surface area contributed by atoms with Crippen molar-refractivity contribution in [2.75, 3.05) is 0 Å². The first-order valence-electron chi connectivity index (χ1n) is 9.01. The Hall–Kier alpha value is -2.62. The summed E-state index contributed by atoms with van der Waals surface area (Å²) in [4.78, 5) is 24.8. The predicted molar refractivity (Wildman–Crippen MR) is 104 cm³/mol. The van der Waals surface area contributed by atoms with Crippen LogP contribution in [0.5, 0.6) is 0 Å². The average molecular weight is 352 g/mol. The lowest BCUT2D eigenvalue weighted by atomic mass is 9.76. The molecule has 3 N–H and O–H groups in total. The fourth-order valence-electron chi connectivity index (χ4n) is 3.05. The van der Waals surface area contributed by atoms with Gasteiger partial charge in [0.1, 0.15) is 0 Å². The molecule has 0 fully saturated rings. The number of hydrogen-bond acceptors (Lipinski definition) is 2. The second-order valence-corrected chi connectivity index (χ2v) is 7.27. The molecule has 4 heteroatoms. The molecule has 0 spiro atoms. The molecule has 3 unspecified atom stereocenters. The Bertz CT molecular complexity index is 730. The van der Waals surface area contributed by atoms with Crippen molar-refractivity contribution in [1.82, 2.24) is 5.32 Å². The van der Waals surface area contributed by atoms with Gasteiger partial charge in [-0.15, -0.1) is 0 Å². The van der Waals surface area contributed by atoms with Crippen molar-refractivity contribution in [2.24, 2.45) is 17.1 Å². The van der Waals surface area contributed by atoms with Crippen molar-refractivity contribution < 1.29 is 9.59 Å². The molecule has 0 saturated carbocycles. The number of amides is 2. The lowest BCUT2D eigenvalue weighted by molar-refractivity contribution is -0.131. The molecule has 0 aliphatic heterocycles. The summed E-state index contributed by atoms with van der Waals surface area (Å²) in [5, 5.41) is 3.00. The molecule has 0 bridgehead atoms. The number of primary amides is 1. The molecule has 0 saturated heterocycles. The van der Waals surface area contributed by atoms with Crippen molar-refractivity contribution >= 4 is 11.8 Å². The van der Waals surface area contributed by atoms with E-state index in [2.05, 4.69) is 5.32 Å². The maximum absolute atomic E-state index is 12.6. The molecule has 26 heavy (non-hydrogen) atoms. The number of nitrogens with one attached hydrogen (secondary N) is 1. The van der Waals surface area contributed by atoms with Crippen LogP contribution < -0.4 is 11.1 Å². The van der Waals surface area contributed by atoms with E-state index in [-0.39, 0.29) is 17.9 Å². The van der Waals surface area contributed by atoms with E-state index in [1.807, 2.05) is 81.4 Å². The van der Waals surface area contributed by atoms with E-state index < -0.39 is 11.3 Å². The van der Waals surface area contributed by atoms with Gasteiger partial charge in [0.15, 0.2) is 0 Å². The number of carbonyl (C=O) groups is 2. The molecule has 138 valence electrons. The summed E-state index contributed by atoms with van der Waals surface area (Å²) >= 11 is 0. The number of hydrogen-bond donors (Lipinski definition) is 2. The Morgan fingerprint density at radius 3 is 1.96 bits per heavy atom. The highest BCUT2D eigenvalue weighted by Crippen LogP contribution is 2.27. The van der Waals surface area contributed by atoms with E-state index in [1.54, 1.807) is 0 Å². The first-order chi connectivity index (χ1) is 12.3. The zero-order chi connectivity index (χ0) is 19.2. The van der Waals surface area contributed by atoms with Crippen LogP contribution in [-0.4, -0.2) is 17.9 Å². The summed E-state index contributed by atoms with van der Waals surface area (Å²) in [5.74, 6) is -0.666. The number of benzene rings is 2. The maximum atomic E-state index is 12.6. The summed E-state index contributed by atoms with van der Waals surface area (Å²) < 4.78 is 0. The van der Waals surface area contributed by atoms with E-state index in [9.17, 15) is 9.59 Å². The molecule has 3 atom stereocenters. The molecular weight excluding hydrogens is 324 g/mol. The third-order valence-electron chi connectivity index (χ3n) is 5.12. The van der Waals surface area contributed by atoms with Crippen LogP contribution in [-0.2, 0) is 22.4 Å². The highest BCUT2D eigenvalue weighted by molar-refractivity contribution is 5.84. The Balaban J connectivity index is 2.05. The van der Waals surface area contributed by atoms with E-state index >= 15 is 0 Å². The standard InChI is InChI=1S/C22H28N2O2/c1-16(14-18-10-6-4-7-11-18)20(25)24-17(2)22(3,21(23)26)15-19-12-8-5-9-13-19/h4-13,16-17H,14-15H2,1-3H3,(H2,23,26)(H,24,25). The maximum Gasteiger partial charge on any atom is 0.225 e. The Morgan fingerprint density at radius 1 is 0.962 bits per heavy atom. The highest BCUT2D eigenvalue weighted by Gasteiger charge is 2.38. The molecule has 0 aromatic heterocycles. The predicted octanol–water partition coefficient (Wildman–Crippen LogP) is 3.10. The van der Waals surface area contributed by atoms with Gasteiger partial charge in [-0.3, -0.25) is 9.59 Å². The van der Waals surface area contributed by atoms with Crippen molar-refractivity contribution in [3.8, 4) is 0 Å². The molecule has 0 radical (unpaired) electrons. The first kappa shape index (κ1) is 19.7. The normalized spacial score (nSPS) is 15.5. The van der Waals surface area contributed by atoms with Crippen LogP contribution in [0.15, 0.2) is 60.7 Å². The van der Waals surface area contributed by atoms with Gasteiger partial charge in [-0.05, 0) is 37.8 Å². The van der Waals surface area contributed by atoms with Crippen LogP contribution in [0.4, 0.5) is 0 Å². The monoisotopic (exact) mass is 352 g/mol. The fourth-order valence-corrected chi connectivity index (χ4v) is 3.05. The van der Waals surface area contributed by atoms with Crippen LogP contribution in [0, 0.1) is 11.3 Å². The van der Waals surface area contributed by atoms with Crippen LogP contribution in [0.2, 0.25) is 0 Å². The number of nitrogens with two attached hydrogens (primary N) is 1. The van der Waals surface area contributed by atoms with Gasteiger partial charge in [-0.2, -0.15) is 0 Å². The van der Waals surface area contributed by atoms with E-state index in [0.29, 0.717) is 12.8 Å². The minimum Gasteiger partial charge on any atom is -0.369 e. The summed E-state index contributed by atoms with van der Waals surface area (Å²) in [6.45, 7) is 5.56. The van der Waals surface area contributed by atoms with Gasteiger partial charge in [0.05, 0.1) is 5.41 Å². The Labute approximate surface area is 155 Å². The highest BCUT2D eigenvalue weighted by atomic mass is 16.2. The smallest absolute Gasteiger partial charge is 0.225 e. The third-order valence-corrected chi connectivity index (χ3v) is 5.12. The van der Waals surface area contributed by atoms with Gasteiger partial charge in [-0.1, -0.05) is 67.6 Å². The van der Waals surface area contributed by atoms with Gasteiger partial charge in [0.2, 0.25) is 11.8 Å². The van der Waals surface area contributed by atoms with Crippen LogP contribution in [0.25, 0.3) is 0 Å². The Morgan fingerprint density at radius 2 is 1.46 bits per heavy atom. The summed E-state index contributed by atoms with van der Waals surface area (Å²) in [5.41, 5.74) is 6.98. The third kappa shape index (κ3) is 4.94. The van der Waals surface area contributed by atoms with E-state index in [1.165, 1.54) is 0 Å². The Kier molecular flexibility index (Phi) is 6.56. The zero-order valence-corrected chi connectivity index (χ0v) is 15.7. The van der Waals surface area contributed by atoms with Crippen LogP contribution in [0.3, 0.4) is 0 Å². The largest absolute Gasteiger partial charge is 0.369 e. The molecule has 0 aliphatic carbocycles. The second-order valence-electron chi connectivity index (χ2n) is 7.27. The van der Waals surface area contributed by atoms with Crippen molar-refractivity contribution in [3.05, 3.63) is 71.8 Å². The number of carbonyl (C=O) groups excluding carboxylic acids is 2. The molecule has 2 aromatic rings. The number of rotatable bonds is 8. The summed E-state index contributed by atoms with van der Waals surface area (Å²) in [7, 11) is 0. The lowest BCUT2D eigenvalue weighted by Crippen LogP contribution is -2.53. The van der Waals surface area contributed by atoms with Gasteiger partial charge in [-0.25, -0.2) is 0 Å². The molecule has 0 heterocycles. The quantitative estimate of drug-likeness (QED) is 0.766. The SMILES string of the molecule is CC(Cc1ccccc1)C(=O)NC(C)C(C)(Cc1ccccc1)C(N)=O. The average Bonchev–Trinajstić information content (AvgIpc) is 2.63.